The number of rotatable bonds is 5. The molecule has 0 aromatic carbocycles. The third-order valence-electron chi connectivity index (χ3n) is 2.54. The molecule has 1 heterocycles. The Kier molecular flexibility index (Phi) is 4.10. The highest BCUT2D eigenvalue weighted by molar-refractivity contribution is 7.87. The smallest absolute Gasteiger partial charge is 0.312 e. The third-order valence-corrected chi connectivity index (χ3v) is 3.54. The van der Waals surface area contributed by atoms with Crippen LogP contribution in [0.15, 0.2) is 0 Å². The van der Waals surface area contributed by atoms with Gasteiger partial charge >= 0.3 is 21.3 Å². The van der Waals surface area contributed by atoms with Gasteiger partial charge in [-0.25, -0.2) is 0 Å². The van der Waals surface area contributed by atoms with Crippen molar-refractivity contribution in [2.45, 2.75) is 11.2 Å². The minimum absolute atomic E-state index is 0.442. The van der Waals surface area contributed by atoms with Crippen molar-refractivity contribution in [2.24, 2.45) is 0 Å². The lowest BCUT2D eigenvalue weighted by Crippen LogP contribution is -2.71. The highest BCUT2D eigenvalue weighted by Crippen LogP contribution is 2.27. The van der Waals surface area contributed by atoms with Gasteiger partial charge in [0.05, 0.1) is 0 Å². The number of hydrogen-bond donors (Lipinski definition) is 0. The van der Waals surface area contributed by atoms with E-state index < -0.39 is 56.7 Å². The van der Waals surface area contributed by atoms with Crippen LogP contribution in [-0.4, -0.2) is 59.9 Å². The van der Waals surface area contributed by atoms with Gasteiger partial charge in [-0.1, -0.05) is 0 Å². The molecule has 0 spiro atoms. The fourth-order valence-corrected chi connectivity index (χ4v) is 1.71. The maximum atomic E-state index is 11.9. The lowest BCUT2D eigenvalue weighted by molar-refractivity contribution is -0.809. The molecule has 0 aromatic heterocycles. The Balaban J connectivity index is 2.63. The first-order chi connectivity index (χ1) is 9.33. The topological polar surface area (TPSA) is 150 Å². The standard InChI is InChI=1S/C6H6F3N3O8S/c7-6(8,9)21(18,19)20-1-4(13)10-2-5(3-10,11(14)15)12(16)17/h1-3H2. The second-order valence-electron chi connectivity index (χ2n) is 3.91. The summed E-state index contributed by atoms with van der Waals surface area (Å²) in [5, 5.41) is 21.0. The zero-order valence-corrected chi connectivity index (χ0v) is 10.6. The van der Waals surface area contributed by atoms with E-state index in [4.69, 9.17) is 0 Å². The number of nitro groups is 2. The van der Waals surface area contributed by atoms with Crippen molar-refractivity contribution in [3.05, 3.63) is 20.2 Å². The van der Waals surface area contributed by atoms with E-state index in [9.17, 15) is 46.6 Å². The van der Waals surface area contributed by atoms with Crippen LogP contribution in [0.5, 0.6) is 0 Å². The van der Waals surface area contributed by atoms with E-state index in [2.05, 4.69) is 4.18 Å². The monoisotopic (exact) mass is 337 g/mol. The van der Waals surface area contributed by atoms with Crippen LogP contribution in [0.1, 0.15) is 0 Å². The summed E-state index contributed by atoms with van der Waals surface area (Å²) in [7, 11) is -5.99. The van der Waals surface area contributed by atoms with Crippen molar-refractivity contribution in [1.82, 2.24) is 4.90 Å². The Hall–Kier alpha value is -2.03. The van der Waals surface area contributed by atoms with Crippen LogP contribution >= 0.6 is 0 Å². The van der Waals surface area contributed by atoms with Gasteiger partial charge in [0, 0.05) is 0 Å². The van der Waals surface area contributed by atoms with Crippen molar-refractivity contribution in [3.8, 4) is 0 Å². The second-order valence-corrected chi connectivity index (χ2v) is 5.52. The van der Waals surface area contributed by atoms with Crippen molar-refractivity contribution in [1.29, 1.82) is 0 Å². The first-order valence-corrected chi connectivity index (χ1v) is 6.27. The highest BCUT2D eigenvalue weighted by Gasteiger charge is 2.67. The van der Waals surface area contributed by atoms with Gasteiger partial charge in [-0.05, 0) is 0 Å². The van der Waals surface area contributed by atoms with Gasteiger partial charge in [-0.3, -0.25) is 29.2 Å². The summed E-state index contributed by atoms with van der Waals surface area (Å²) in [5.74, 6) is -1.36. The lowest BCUT2D eigenvalue weighted by atomic mass is 10.0. The van der Waals surface area contributed by atoms with Gasteiger partial charge in [0.1, 0.15) is 16.5 Å². The molecular weight excluding hydrogens is 331 g/mol. The lowest BCUT2D eigenvalue weighted by Gasteiger charge is -2.35. The van der Waals surface area contributed by atoms with Crippen LogP contribution < -0.4 is 0 Å². The number of amides is 1. The molecule has 0 atom stereocenters. The molecule has 0 radical (unpaired) electrons. The van der Waals surface area contributed by atoms with E-state index in [1.165, 1.54) is 0 Å². The van der Waals surface area contributed by atoms with Crippen molar-refractivity contribution in [2.75, 3.05) is 19.7 Å². The minimum atomic E-state index is -5.99. The molecule has 15 heteroatoms. The zero-order chi connectivity index (χ0) is 16.6. The molecule has 1 rings (SSSR count). The van der Waals surface area contributed by atoms with E-state index >= 15 is 0 Å². The predicted octanol–water partition coefficient (Wildman–Crippen LogP) is -1.06. The van der Waals surface area contributed by atoms with E-state index in [-0.39, 0.29) is 0 Å². The average Bonchev–Trinajstić information content (AvgIpc) is 2.22. The molecule has 1 aliphatic rings. The zero-order valence-electron chi connectivity index (χ0n) is 9.77. The molecular formula is C6H6F3N3O8S. The van der Waals surface area contributed by atoms with E-state index in [1.807, 2.05) is 0 Å². The van der Waals surface area contributed by atoms with E-state index in [1.54, 1.807) is 0 Å². The largest absolute Gasteiger partial charge is 0.523 e. The normalized spacial score (nSPS) is 18.0. The Labute approximate surface area is 113 Å². The molecule has 1 fully saturated rings. The first-order valence-electron chi connectivity index (χ1n) is 4.86. The van der Waals surface area contributed by atoms with Crippen LogP contribution in [0.4, 0.5) is 13.2 Å². The molecule has 120 valence electrons. The molecule has 0 unspecified atom stereocenters. The van der Waals surface area contributed by atoms with Gasteiger partial charge in [-0.2, -0.15) is 21.6 Å². The maximum Gasteiger partial charge on any atom is 0.523 e. The summed E-state index contributed by atoms with van der Waals surface area (Å²) in [5.41, 5.74) is -8.37. The molecule has 21 heavy (non-hydrogen) atoms. The average molecular weight is 337 g/mol. The first kappa shape index (κ1) is 17.0. The number of halogens is 3. The summed E-state index contributed by atoms with van der Waals surface area (Å²) < 4.78 is 60.1. The van der Waals surface area contributed by atoms with E-state index in [0.717, 1.165) is 0 Å². The molecule has 1 amide bonds. The molecule has 0 aliphatic carbocycles. The number of likely N-dealkylation sites (tertiary alicyclic amines) is 1. The summed E-state index contributed by atoms with van der Waals surface area (Å²) in [6.07, 6.45) is 0. The number of hydrogen-bond acceptors (Lipinski definition) is 8. The Bertz CT molecular complexity index is 565. The minimum Gasteiger partial charge on any atom is -0.312 e. The molecule has 1 aliphatic heterocycles. The SMILES string of the molecule is O=C(COS(=O)(=O)C(F)(F)F)N1CC([N+](=O)[O-])([N+](=O)[O-])C1. The van der Waals surface area contributed by atoms with Crippen LogP contribution in [-0.2, 0) is 19.1 Å². The van der Waals surface area contributed by atoms with Crippen molar-refractivity contribution >= 4 is 16.0 Å². The molecule has 1 saturated heterocycles. The predicted molar refractivity (Wildman–Crippen MR) is 54.2 cm³/mol. The van der Waals surface area contributed by atoms with Gasteiger partial charge in [0.2, 0.25) is 0 Å². The van der Waals surface area contributed by atoms with Gasteiger partial charge in [0.15, 0.2) is 13.1 Å². The number of nitrogens with zero attached hydrogens (tertiary/aromatic N) is 3. The summed E-state index contributed by atoms with van der Waals surface area (Å²) >= 11 is 0. The molecule has 0 saturated carbocycles. The van der Waals surface area contributed by atoms with Gasteiger partial charge in [0.25, 0.3) is 5.91 Å². The number of alkyl halides is 3. The van der Waals surface area contributed by atoms with E-state index in [0.29, 0.717) is 4.90 Å². The van der Waals surface area contributed by atoms with Gasteiger partial charge in [-0.15, -0.1) is 0 Å². The molecule has 11 nitrogen and oxygen atoms in total. The second kappa shape index (κ2) is 5.06. The highest BCUT2D eigenvalue weighted by atomic mass is 32.2. The molecule has 0 bridgehead atoms. The Morgan fingerprint density at radius 3 is 2.00 bits per heavy atom. The fraction of sp³-hybridized carbons (Fsp3) is 0.833. The third kappa shape index (κ3) is 3.02. The Morgan fingerprint density at radius 2 is 1.67 bits per heavy atom. The quantitative estimate of drug-likeness (QED) is 0.203. The summed E-state index contributed by atoms with van der Waals surface area (Å²) in [6, 6.07) is 0. The van der Waals surface area contributed by atoms with Crippen molar-refractivity contribution in [3.63, 3.8) is 0 Å². The molecule has 0 aromatic rings. The van der Waals surface area contributed by atoms with Crippen molar-refractivity contribution < 1.29 is 40.4 Å². The Morgan fingerprint density at radius 1 is 1.24 bits per heavy atom. The van der Waals surface area contributed by atoms with Crippen LogP contribution in [0.3, 0.4) is 0 Å². The van der Waals surface area contributed by atoms with Crippen LogP contribution in [0, 0.1) is 20.2 Å². The summed E-state index contributed by atoms with van der Waals surface area (Å²) in [6.45, 7) is -3.56. The van der Waals surface area contributed by atoms with Gasteiger partial charge < -0.3 is 4.90 Å². The molecule has 0 N–H and O–H groups in total. The maximum absolute atomic E-state index is 11.9. The summed E-state index contributed by atoms with van der Waals surface area (Å²) in [4.78, 5) is 30.2. The van der Waals surface area contributed by atoms with Crippen LogP contribution in [0.2, 0.25) is 0 Å². The number of carbonyl (C=O) groups is 1. The number of carbonyl (C=O) groups excluding carboxylic acids is 1. The van der Waals surface area contributed by atoms with Crippen LogP contribution in [0.25, 0.3) is 0 Å². The fourth-order valence-electron chi connectivity index (χ4n) is 1.33.